The number of amides is 1. The third kappa shape index (κ3) is 4.24. The van der Waals surface area contributed by atoms with Gasteiger partial charge in [0.1, 0.15) is 9.84 Å². The van der Waals surface area contributed by atoms with E-state index in [0.717, 1.165) is 25.7 Å². The largest absolute Gasteiger partial charge is 0.355 e. The lowest BCUT2D eigenvalue weighted by atomic mass is 10.0. The van der Waals surface area contributed by atoms with Crippen molar-refractivity contribution in [3.8, 4) is 0 Å². The summed E-state index contributed by atoms with van der Waals surface area (Å²) in [5.74, 6) is 0.630. The smallest absolute Gasteiger partial charge is 0.220 e. The van der Waals surface area contributed by atoms with Gasteiger partial charge < -0.3 is 11.1 Å². The van der Waals surface area contributed by atoms with E-state index in [4.69, 9.17) is 5.73 Å². The predicted molar refractivity (Wildman–Crippen MR) is 69.7 cm³/mol. The van der Waals surface area contributed by atoms with E-state index in [1.165, 1.54) is 6.26 Å². The number of hydrogen-bond acceptors (Lipinski definition) is 4. The molecule has 0 aliphatic heterocycles. The Labute approximate surface area is 108 Å². The third-order valence-electron chi connectivity index (χ3n) is 3.82. The number of nitrogens with two attached hydrogens (primary N) is 1. The Morgan fingerprint density at radius 2 is 2.06 bits per heavy atom. The van der Waals surface area contributed by atoms with E-state index in [1.807, 2.05) is 0 Å². The lowest BCUT2D eigenvalue weighted by Crippen LogP contribution is -2.39. The van der Waals surface area contributed by atoms with Crippen molar-refractivity contribution in [2.75, 3.05) is 18.6 Å². The minimum Gasteiger partial charge on any atom is -0.355 e. The Morgan fingerprint density at radius 3 is 2.50 bits per heavy atom. The van der Waals surface area contributed by atoms with E-state index in [-0.39, 0.29) is 23.1 Å². The molecular formula is C12H22N2O3S. The van der Waals surface area contributed by atoms with Gasteiger partial charge in [0.15, 0.2) is 0 Å². The number of sulfone groups is 1. The molecule has 0 spiro atoms. The monoisotopic (exact) mass is 274 g/mol. The molecular weight excluding hydrogens is 252 g/mol. The fourth-order valence-electron chi connectivity index (χ4n) is 2.43. The van der Waals surface area contributed by atoms with E-state index in [0.29, 0.717) is 18.9 Å². The molecule has 2 saturated carbocycles. The molecule has 0 radical (unpaired) electrons. The Kier molecular flexibility index (Phi) is 3.69. The molecule has 2 aliphatic carbocycles. The van der Waals surface area contributed by atoms with Crippen molar-refractivity contribution >= 4 is 15.7 Å². The molecule has 5 nitrogen and oxygen atoms in total. The molecule has 6 heteroatoms. The second kappa shape index (κ2) is 4.81. The first-order chi connectivity index (χ1) is 8.30. The molecule has 0 aromatic rings. The first kappa shape index (κ1) is 13.8. The third-order valence-corrected chi connectivity index (χ3v) is 4.96. The zero-order valence-electron chi connectivity index (χ0n) is 10.8. The fraction of sp³-hybridized carbons (Fsp3) is 0.917. The van der Waals surface area contributed by atoms with Crippen molar-refractivity contribution in [3.05, 3.63) is 0 Å². The van der Waals surface area contributed by atoms with Crippen molar-refractivity contribution in [2.45, 2.75) is 38.1 Å². The van der Waals surface area contributed by atoms with E-state index in [2.05, 4.69) is 5.32 Å². The molecule has 1 atom stereocenters. The van der Waals surface area contributed by atoms with E-state index < -0.39 is 9.84 Å². The molecule has 1 unspecified atom stereocenters. The standard InChI is InChI=1S/C12H22N2O3S/c1-18(16,17)8-12(4-5-12)6-11(15)14-7-10(13)9-2-3-9/h9-10H,2-8,13H2,1H3,(H,14,15). The molecule has 104 valence electrons. The van der Waals surface area contributed by atoms with Crippen molar-refractivity contribution < 1.29 is 13.2 Å². The van der Waals surface area contributed by atoms with Gasteiger partial charge in [-0.2, -0.15) is 0 Å². The van der Waals surface area contributed by atoms with Gasteiger partial charge >= 0.3 is 0 Å². The molecule has 0 aromatic carbocycles. The second-order valence-corrected chi connectivity index (χ2v) is 8.19. The van der Waals surface area contributed by atoms with Crippen LogP contribution in [0, 0.1) is 11.3 Å². The van der Waals surface area contributed by atoms with Crippen molar-refractivity contribution in [1.82, 2.24) is 5.32 Å². The molecule has 0 aromatic heterocycles. The lowest BCUT2D eigenvalue weighted by molar-refractivity contribution is -0.122. The number of nitrogens with one attached hydrogen (secondary N) is 1. The van der Waals surface area contributed by atoms with Crippen molar-refractivity contribution in [3.63, 3.8) is 0 Å². The average molecular weight is 274 g/mol. The highest BCUT2D eigenvalue weighted by atomic mass is 32.2. The Bertz CT molecular complexity index is 425. The normalized spacial score (nSPS) is 23.4. The first-order valence-corrected chi connectivity index (χ1v) is 8.56. The van der Waals surface area contributed by atoms with Crippen LogP contribution in [-0.2, 0) is 14.6 Å². The van der Waals surface area contributed by atoms with Crippen LogP contribution in [0.4, 0.5) is 0 Å². The molecule has 18 heavy (non-hydrogen) atoms. The molecule has 0 saturated heterocycles. The maximum atomic E-state index is 11.8. The van der Waals surface area contributed by atoms with Crippen LogP contribution >= 0.6 is 0 Å². The van der Waals surface area contributed by atoms with Gasteiger partial charge in [-0.25, -0.2) is 8.42 Å². The van der Waals surface area contributed by atoms with Crippen molar-refractivity contribution in [2.24, 2.45) is 17.1 Å². The SMILES string of the molecule is CS(=O)(=O)CC1(CC(=O)NCC(N)C2CC2)CC1. The average Bonchev–Trinajstić information content (AvgIpc) is 3.06. The quantitative estimate of drug-likeness (QED) is 0.687. The van der Waals surface area contributed by atoms with Gasteiger partial charge in [0, 0.05) is 25.3 Å². The van der Waals surface area contributed by atoms with E-state index in [1.54, 1.807) is 0 Å². The zero-order chi connectivity index (χ0) is 13.4. The van der Waals surface area contributed by atoms with Crippen LogP contribution < -0.4 is 11.1 Å². The summed E-state index contributed by atoms with van der Waals surface area (Å²) < 4.78 is 22.6. The lowest BCUT2D eigenvalue weighted by Gasteiger charge is -2.15. The highest BCUT2D eigenvalue weighted by Crippen LogP contribution is 2.49. The molecule has 0 bridgehead atoms. The number of rotatable bonds is 7. The highest BCUT2D eigenvalue weighted by Gasteiger charge is 2.46. The summed E-state index contributed by atoms with van der Waals surface area (Å²) in [7, 11) is -3.00. The summed E-state index contributed by atoms with van der Waals surface area (Å²) in [6.45, 7) is 0.512. The van der Waals surface area contributed by atoms with Gasteiger partial charge in [-0.1, -0.05) is 0 Å². The Balaban J connectivity index is 1.73. The van der Waals surface area contributed by atoms with Gasteiger partial charge in [0.25, 0.3) is 0 Å². The summed E-state index contributed by atoms with van der Waals surface area (Å²) in [5.41, 5.74) is 5.61. The summed E-state index contributed by atoms with van der Waals surface area (Å²) >= 11 is 0. The summed E-state index contributed by atoms with van der Waals surface area (Å²) in [5, 5.41) is 2.83. The number of carbonyl (C=O) groups is 1. The van der Waals surface area contributed by atoms with Crippen LogP contribution in [0.2, 0.25) is 0 Å². The molecule has 1 amide bonds. The summed E-state index contributed by atoms with van der Waals surface area (Å²) in [6, 6.07) is 0.0546. The van der Waals surface area contributed by atoms with Gasteiger partial charge in [-0.15, -0.1) is 0 Å². The minimum absolute atomic E-state index is 0.0546. The minimum atomic E-state index is -3.00. The van der Waals surface area contributed by atoms with Gasteiger partial charge in [0.05, 0.1) is 5.75 Å². The van der Waals surface area contributed by atoms with Crippen LogP contribution in [0.3, 0.4) is 0 Å². The Hall–Kier alpha value is -0.620. The summed E-state index contributed by atoms with van der Waals surface area (Å²) in [4.78, 5) is 11.8. The van der Waals surface area contributed by atoms with Crippen molar-refractivity contribution in [1.29, 1.82) is 0 Å². The maximum absolute atomic E-state index is 11.8. The molecule has 2 rings (SSSR count). The molecule has 3 N–H and O–H groups in total. The van der Waals surface area contributed by atoms with E-state index in [9.17, 15) is 13.2 Å². The molecule has 2 fully saturated rings. The summed E-state index contributed by atoms with van der Waals surface area (Å²) in [6.07, 6.45) is 5.54. The first-order valence-electron chi connectivity index (χ1n) is 6.50. The molecule has 2 aliphatic rings. The fourth-order valence-corrected chi connectivity index (χ4v) is 3.93. The topological polar surface area (TPSA) is 89.3 Å². The maximum Gasteiger partial charge on any atom is 0.220 e. The van der Waals surface area contributed by atoms with Crippen LogP contribution in [0.1, 0.15) is 32.1 Å². The number of carbonyl (C=O) groups excluding carboxylic acids is 1. The van der Waals surface area contributed by atoms with Crippen LogP contribution in [0.5, 0.6) is 0 Å². The van der Waals surface area contributed by atoms with Crippen LogP contribution in [0.25, 0.3) is 0 Å². The predicted octanol–water partition coefficient (Wildman–Crippen LogP) is 0.0548. The highest BCUT2D eigenvalue weighted by molar-refractivity contribution is 7.90. The van der Waals surface area contributed by atoms with Crippen LogP contribution in [-0.4, -0.2) is 38.9 Å². The second-order valence-electron chi connectivity index (χ2n) is 6.05. The van der Waals surface area contributed by atoms with Gasteiger partial charge in [0.2, 0.25) is 5.91 Å². The zero-order valence-corrected chi connectivity index (χ0v) is 11.6. The van der Waals surface area contributed by atoms with E-state index >= 15 is 0 Å². The molecule has 0 heterocycles. The van der Waals surface area contributed by atoms with Gasteiger partial charge in [-0.3, -0.25) is 4.79 Å². The number of hydrogen-bond donors (Lipinski definition) is 2. The van der Waals surface area contributed by atoms with Crippen LogP contribution in [0.15, 0.2) is 0 Å². The Morgan fingerprint density at radius 1 is 1.44 bits per heavy atom. The van der Waals surface area contributed by atoms with Gasteiger partial charge in [-0.05, 0) is 37.0 Å².